The van der Waals surface area contributed by atoms with E-state index in [0.717, 1.165) is 35.6 Å². The molecule has 0 aliphatic heterocycles. The maximum absolute atomic E-state index is 6.02. The van der Waals surface area contributed by atoms with Gasteiger partial charge >= 0.3 is 0 Å². The summed E-state index contributed by atoms with van der Waals surface area (Å²) in [5.41, 5.74) is 2.34. The summed E-state index contributed by atoms with van der Waals surface area (Å²) in [6.45, 7) is 4.12. The molecular weight excluding hydrogens is 316 g/mol. The highest BCUT2D eigenvalue weighted by molar-refractivity contribution is 5.79. The van der Waals surface area contributed by atoms with Gasteiger partial charge in [0.1, 0.15) is 12.1 Å². The van der Waals surface area contributed by atoms with Crippen LogP contribution in [-0.2, 0) is 20.1 Å². The Bertz CT molecular complexity index is 735. The third-order valence-corrected chi connectivity index (χ3v) is 4.28. The Morgan fingerprint density at radius 2 is 2.12 bits per heavy atom. The second kappa shape index (κ2) is 8.00. The number of aryl methyl sites for hydroxylation is 2. The van der Waals surface area contributed by atoms with Crippen molar-refractivity contribution in [2.75, 3.05) is 13.7 Å². The molecule has 2 N–H and O–H groups in total. The molecule has 0 unspecified atom stereocenters. The normalized spacial score (nSPS) is 14.4. The van der Waals surface area contributed by atoms with Crippen molar-refractivity contribution in [1.29, 1.82) is 0 Å². The minimum absolute atomic E-state index is 0.565. The molecule has 1 saturated carbocycles. The van der Waals surface area contributed by atoms with Gasteiger partial charge in [-0.3, -0.25) is 4.99 Å². The maximum atomic E-state index is 6.02. The van der Waals surface area contributed by atoms with Gasteiger partial charge in [0.05, 0.1) is 13.2 Å². The van der Waals surface area contributed by atoms with E-state index >= 15 is 0 Å². The number of nitrogens with one attached hydrogen (secondary N) is 2. The molecule has 0 bridgehead atoms. The van der Waals surface area contributed by atoms with Crippen LogP contribution in [0.15, 0.2) is 29.5 Å². The molecule has 2 aromatic rings. The number of nitrogens with zero attached hydrogens (tertiary/aromatic N) is 4. The fourth-order valence-electron chi connectivity index (χ4n) is 2.46. The number of hydrogen-bond donors (Lipinski definition) is 2. The van der Waals surface area contributed by atoms with Crippen LogP contribution < -0.4 is 15.4 Å². The van der Waals surface area contributed by atoms with Crippen molar-refractivity contribution in [3.05, 3.63) is 41.5 Å². The van der Waals surface area contributed by atoms with Gasteiger partial charge in [-0.2, -0.15) is 0 Å². The average molecular weight is 342 g/mol. The van der Waals surface area contributed by atoms with Crippen LogP contribution >= 0.6 is 0 Å². The van der Waals surface area contributed by atoms with Crippen molar-refractivity contribution < 1.29 is 4.74 Å². The van der Waals surface area contributed by atoms with Gasteiger partial charge in [0.25, 0.3) is 0 Å². The largest absolute Gasteiger partial charge is 0.493 e. The third kappa shape index (κ3) is 4.95. The van der Waals surface area contributed by atoms with E-state index < -0.39 is 0 Å². The summed E-state index contributed by atoms with van der Waals surface area (Å²) >= 11 is 0. The predicted octanol–water partition coefficient (Wildman–Crippen LogP) is 1.78. The second-order valence-electron chi connectivity index (χ2n) is 6.50. The predicted molar refractivity (Wildman–Crippen MR) is 97.4 cm³/mol. The second-order valence-corrected chi connectivity index (χ2v) is 6.50. The Hall–Kier alpha value is -2.57. The van der Waals surface area contributed by atoms with E-state index in [1.165, 1.54) is 18.4 Å². The molecule has 1 aliphatic rings. The topological polar surface area (TPSA) is 76.4 Å². The van der Waals surface area contributed by atoms with Gasteiger partial charge in [0, 0.05) is 26.2 Å². The summed E-state index contributed by atoms with van der Waals surface area (Å²) in [7, 11) is 3.68. The van der Waals surface area contributed by atoms with Gasteiger partial charge in [-0.25, -0.2) is 0 Å². The lowest BCUT2D eigenvalue weighted by molar-refractivity contribution is 0.296. The maximum Gasteiger partial charge on any atom is 0.191 e. The number of rotatable bonds is 7. The van der Waals surface area contributed by atoms with Crippen LogP contribution in [0.5, 0.6) is 5.75 Å². The van der Waals surface area contributed by atoms with Crippen LogP contribution in [-0.4, -0.2) is 34.4 Å². The summed E-state index contributed by atoms with van der Waals surface area (Å²) < 4.78 is 7.90. The van der Waals surface area contributed by atoms with E-state index in [-0.39, 0.29) is 0 Å². The first-order valence-corrected chi connectivity index (χ1v) is 8.65. The smallest absolute Gasteiger partial charge is 0.191 e. The van der Waals surface area contributed by atoms with Crippen molar-refractivity contribution in [1.82, 2.24) is 25.4 Å². The lowest BCUT2D eigenvalue weighted by Gasteiger charge is -2.15. The molecule has 1 aliphatic carbocycles. The molecule has 1 aromatic heterocycles. The molecule has 0 spiro atoms. The Morgan fingerprint density at radius 1 is 1.32 bits per heavy atom. The lowest BCUT2D eigenvalue weighted by Crippen LogP contribution is -2.37. The van der Waals surface area contributed by atoms with E-state index in [1.54, 1.807) is 13.4 Å². The number of aromatic nitrogens is 3. The number of guanidine groups is 1. The van der Waals surface area contributed by atoms with E-state index in [2.05, 4.69) is 50.9 Å². The van der Waals surface area contributed by atoms with Gasteiger partial charge in [-0.1, -0.05) is 12.1 Å². The van der Waals surface area contributed by atoms with Gasteiger partial charge in [-0.15, -0.1) is 10.2 Å². The van der Waals surface area contributed by atoms with E-state index in [1.807, 2.05) is 11.6 Å². The van der Waals surface area contributed by atoms with Crippen molar-refractivity contribution in [3.8, 4) is 5.75 Å². The summed E-state index contributed by atoms with van der Waals surface area (Å²) in [4.78, 5) is 4.26. The zero-order chi connectivity index (χ0) is 17.6. The molecule has 7 nitrogen and oxygen atoms in total. The third-order valence-electron chi connectivity index (χ3n) is 4.28. The number of aliphatic imine (C=N–C) groups is 1. The van der Waals surface area contributed by atoms with E-state index in [9.17, 15) is 0 Å². The fourth-order valence-corrected chi connectivity index (χ4v) is 2.46. The molecule has 0 radical (unpaired) electrons. The summed E-state index contributed by atoms with van der Waals surface area (Å²) in [5, 5.41) is 14.5. The van der Waals surface area contributed by atoms with Crippen LogP contribution in [0.2, 0.25) is 0 Å². The first-order chi connectivity index (χ1) is 12.2. The Morgan fingerprint density at radius 3 is 2.80 bits per heavy atom. The first kappa shape index (κ1) is 17.3. The Kier molecular flexibility index (Phi) is 5.53. The molecule has 0 amide bonds. The highest BCUT2D eigenvalue weighted by Crippen LogP contribution is 2.30. The molecule has 1 heterocycles. The van der Waals surface area contributed by atoms with Gasteiger partial charge in [0.2, 0.25) is 0 Å². The average Bonchev–Trinajstić information content (AvgIpc) is 3.35. The van der Waals surface area contributed by atoms with Gasteiger partial charge < -0.3 is 19.9 Å². The molecule has 0 saturated heterocycles. The van der Waals surface area contributed by atoms with Gasteiger partial charge in [-0.05, 0) is 37.3 Å². The summed E-state index contributed by atoms with van der Waals surface area (Å²) in [6, 6.07) is 6.33. The van der Waals surface area contributed by atoms with Crippen molar-refractivity contribution in [2.45, 2.75) is 32.9 Å². The molecule has 3 rings (SSSR count). The highest BCUT2D eigenvalue weighted by atomic mass is 16.5. The molecule has 1 aromatic carbocycles. The zero-order valence-electron chi connectivity index (χ0n) is 15.1. The first-order valence-electron chi connectivity index (χ1n) is 8.65. The van der Waals surface area contributed by atoms with Crippen molar-refractivity contribution in [3.63, 3.8) is 0 Å². The monoisotopic (exact) mass is 342 g/mol. The number of hydrogen-bond acceptors (Lipinski definition) is 4. The number of benzene rings is 1. The quantitative estimate of drug-likeness (QED) is 0.592. The Labute approximate surface area is 148 Å². The Balaban J connectivity index is 1.56. The lowest BCUT2D eigenvalue weighted by atomic mass is 10.1. The fraction of sp³-hybridized carbons (Fsp3) is 0.500. The van der Waals surface area contributed by atoms with E-state index in [0.29, 0.717) is 13.1 Å². The SMILES string of the molecule is CN=C(NCc1ccc(C)cc1OCC1CC1)NCc1nncn1C. The molecule has 25 heavy (non-hydrogen) atoms. The highest BCUT2D eigenvalue weighted by Gasteiger charge is 2.22. The summed E-state index contributed by atoms with van der Waals surface area (Å²) in [5.74, 6) is 3.27. The van der Waals surface area contributed by atoms with Crippen LogP contribution in [0.25, 0.3) is 0 Å². The molecule has 0 atom stereocenters. The molecule has 1 fully saturated rings. The minimum Gasteiger partial charge on any atom is -0.493 e. The van der Waals surface area contributed by atoms with Crippen LogP contribution in [0.4, 0.5) is 0 Å². The summed E-state index contributed by atoms with van der Waals surface area (Å²) in [6.07, 6.45) is 4.26. The van der Waals surface area contributed by atoms with Crippen molar-refractivity contribution in [2.24, 2.45) is 18.0 Å². The molecule has 7 heteroatoms. The minimum atomic E-state index is 0.565. The van der Waals surface area contributed by atoms with Crippen LogP contribution in [0, 0.1) is 12.8 Å². The van der Waals surface area contributed by atoms with Crippen LogP contribution in [0.3, 0.4) is 0 Å². The van der Waals surface area contributed by atoms with E-state index in [4.69, 9.17) is 4.74 Å². The standard InChI is InChI=1S/C18H26N6O/c1-13-4-7-15(16(8-13)25-11-14-5-6-14)9-20-18(19-2)21-10-17-23-22-12-24(17)3/h4,7-8,12,14H,5-6,9-11H2,1-3H3,(H2,19,20,21). The number of ether oxygens (including phenoxy) is 1. The molecular formula is C18H26N6O. The zero-order valence-corrected chi connectivity index (χ0v) is 15.1. The molecule has 134 valence electrons. The van der Waals surface area contributed by atoms with Gasteiger partial charge in [0.15, 0.2) is 11.8 Å². The van der Waals surface area contributed by atoms with Crippen molar-refractivity contribution >= 4 is 5.96 Å². The van der Waals surface area contributed by atoms with Crippen LogP contribution in [0.1, 0.15) is 29.8 Å².